The highest BCUT2D eigenvalue weighted by Gasteiger charge is 2.17. The minimum absolute atomic E-state index is 0.258. The third-order valence-corrected chi connectivity index (χ3v) is 3.19. The van der Waals surface area contributed by atoms with Crippen molar-refractivity contribution in [2.45, 2.75) is 0 Å². The molecular weight excluding hydrogens is 256 g/mol. The van der Waals surface area contributed by atoms with E-state index >= 15 is 0 Å². The summed E-state index contributed by atoms with van der Waals surface area (Å²) in [6.45, 7) is 0. The van der Waals surface area contributed by atoms with Crippen LogP contribution in [0.15, 0.2) is 40.9 Å². The highest BCUT2D eigenvalue weighted by Crippen LogP contribution is 2.41. The lowest BCUT2D eigenvalue weighted by atomic mass is 10.0. The van der Waals surface area contributed by atoms with Crippen molar-refractivity contribution in [3.05, 3.63) is 36.4 Å². The average molecular weight is 270 g/mol. The first-order valence-corrected chi connectivity index (χ1v) is 6.11. The van der Waals surface area contributed by atoms with Gasteiger partial charge in [-0.05, 0) is 6.07 Å². The lowest BCUT2D eigenvalue weighted by Gasteiger charge is -2.13. The van der Waals surface area contributed by atoms with E-state index in [-0.39, 0.29) is 5.88 Å². The number of anilines is 1. The van der Waals surface area contributed by atoms with E-state index in [0.717, 1.165) is 27.8 Å². The first-order chi connectivity index (χ1) is 9.74. The van der Waals surface area contributed by atoms with Crippen LogP contribution in [0.1, 0.15) is 0 Å². The number of fused-ring (bicyclic) bond motifs is 1. The Morgan fingerprint density at radius 1 is 1.05 bits per heavy atom. The van der Waals surface area contributed by atoms with Crippen molar-refractivity contribution in [2.75, 3.05) is 20.0 Å². The van der Waals surface area contributed by atoms with Crippen LogP contribution in [-0.2, 0) is 0 Å². The van der Waals surface area contributed by atoms with Gasteiger partial charge in [-0.15, -0.1) is 0 Å². The molecule has 3 rings (SSSR count). The molecule has 102 valence electrons. The van der Waals surface area contributed by atoms with Gasteiger partial charge in [-0.25, -0.2) is 0 Å². The van der Waals surface area contributed by atoms with Gasteiger partial charge >= 0.3 is 0 Å². The Hall–Kier alpha value is -2.69. The van der Waals surface area contributed by atoms with E-state index in [1.807, 2.05) is 30.3 Å². The molecule has 3 aromatic rings. The fourth-order valence-electron chi connectivity index (χ4n) is 2.31. The van der Waals surface area contributed by atoms with Crippen molar-refractivity contribution in [3.8, 4) is 22.8 Å². The molecule has 0 fully saturated rings. The Bertz CT molecular complexity index is 765. The SMILES string of the molecule is COc1cc(-c2cc(N)on2)c(OC)c2ccccc12. The van der Waals surface area contributed by atoms with Gasteiger partial charge in [-0.3, -0.25) is 0 Å². The molecule has 1 heterocycles. The zero-order valence-corrected chi connectivity index (χ0v) is 11.2. The molecule has 0 aliphatic carbocycles. The van der Waals surface area contributed by atoms with E-state index in [4.69, 9.17) is 19.7 Å². The molecule has 0 aliphatic rings. The maximum atomic E-state index is 5.59. The summed E-state index contributed by atoms with van der Waals surface area (Å²) in [5.41, 5.74) is 6.98. The first kappa shape index (κ1) is 12.3. The third kappa shape index (κ3) is 1.84. The van der Waals surface area contributed by atoms with Crippen molar-refractivity contribution in [1.29, 1.82) is 0 Å². The largest absolute Gasteiger partial charge is 0.496 e. The molecule has 0 unspecified atom stereocenters. The maximum absolute atomic E-state index is 5.59. The van der Waals surface area contributed by atoms with Crippen LogP contribution in [-0.4, -0.2) is 19.4 Å². The Balaban J connectivity index is 2.36. The second-order valence-corrected chi connectivity index (χ2v) is 4.32. The molecule has 0 radical (unpaired) electrons. The van der Waals surface area contributed by atoms with Crippen molar-refractivity contribution in [2.24, 2.45) is 0 Å². The Morgan fingerprint density at radius 2 is 1.80 bits per heavy atom. The second kappa shape index (κ2) is 4.77. The molecular formula is C15H14N2O3. The molecule has 0 atom stereocenters. The van der Waals surface area contributed by atoms with Gasteiger partial charge in [0, 0.05) is 16.8 Å². The van der Waals surface area contributed by atoms with Gasteiger partial charge in [-0.2, -0.15) is 0 Å². The Labute approximate surface area is 115 Å². The summed E-state index contributed by atoms with van der Waals surface area (Å²) in [4.78, 5) is 0. The van der Waals surface area contributed by atoms with Gasteiger partial charge < -0.3 is 19.7 Å². The van der Waals surface area contributed by atoms with Crippen molar-refractivity contribution >= 4 is 16.7 Å². The van der Waals surface area contributed by atoms with E-state index in [1.165, 1.54) is 0 Å². The van der Waals surface area contributed by atoms with Crippen molar-refractivity contribution in [1.82, 2.24) is 5.16 Å². The minimum atomic E-state index is 0.258. The van der Waals surface area contributed by atoms with E-state index in [0.29, 0.717) is 5.69 Å². The summed E-state index contributed by atoms with van der Waals surface area (Å²) >= 11 is 0. The maximum Gasteiger partial charge on any atom is 0.222 e. The molecule has 0 saturated heterocycles. The van der Waals surface area contributed by atoms with Gasteiger partial charge in [0.15, 0.2) is 0 Å². The number of hydrogen-bond donors (Lipinski definition) is 1. The minimum Gasteiger partial charge on any atom is -0.496 e. The predicted molar refractivity (Wildman–Crippen MR) is 77.0 cm³/mol. The first-order valence-electron chi connectivity index (χ1n) is 6.11. The molecule has 2 N–H and O–H groups in total. The number of rotatable bonds is 3. The van der Waals surface area contributed by atoms with Crippen LogP contribution in [0.3, 0.4) is 0 Å². The molecule has 0 amide bonds. The van der Waals surface area contributed by atoms with Gasteiger partial charge in [0.2, 0.25) is 5.88 Å². The normalized spacial score (nSPS) is 10.7. The van der Waals surface area contributed by atoms with Gasteiger partial charge in [0.25, 0.3) is 0 Å². The standard InChI is InChI=1S/C15H14N2O3/c1-18-13-7-11(12-8-14(16)20-17-12)15(19-2)10-6-4-3-5-9(10)13/h3-8H,16H2,1-2H3. The Kier molecular flexibility index (Phi) is 2.95. The van der Waals surface area contributed by atoms with E-state index < -0.39 is 0 Å². The summed E-state index contributed by atoms with van der Waals surface area (Å²) < 4.78 is 15.9. The number of nitrogens with zero attached hydrogens (tertiary/aromatic N) is 1. The molecule has 1 aromatic heterocycles. The van der Waals surface area contributed by atoms with Crippen LogP contribution in [0.4, 0.5) is 5.88 Å². The lowest BCUT2D eigenvalue weighted by Crippen LogP contribution is -1.93. The number of ether oxygens (including phenoxy) is 2. The summed E-state index contributed by atoms with van der Waals surface area (Å²) in [5, 5.41) is 5.87. The molecule has 0 aliphatic heterocycles. The van der Waals surface area contributed by atoms with Crippen LogP contribution in [0, 0.1) is 0 Å². The zero-order valence-electron chi connectivity index (χ0n) is 11.2. The third-order valence-electron chi connectivity index (χ3n) is 3.19. The van der Waals surface area contributed by atoms with E-state index in [9.17, 15) is 0 Å². The fraction of sp³-hybridized carbons (Fsp3) is 0.133. The van der Waals surface area contributed by atoms with E-state index in [1.54, 1.807) is 20.3 Å². The van der Waals surface area contributed by atoms with Crippen LogP contribution in [0.25, 0.3) is 22.0 Å². The van der Waals surface area contributed by atoms with Crippen molar-refractivity contribution in [3.63, 3.8) is 0 Å². The van der Waals surface area contributed by atoms with Crippen LogP contribution >= 0.6 is 0 Å². The molecule has 0 spiro atoms. The van der Waals surface area contributed by atoms with Gasteiger partial charge in [0.05, 0.1) is 19.8 Å². The van der Waals surface area contributed by atoms with Crippen LogP contribution < -0.4 is 15.2 Å². The highest BCUT2D eigenvalue weighted by molar-refractivity contribution is 5.99. The number of nitrogens with two attached hydrogens (primary N) is 1. The van der Waals surface area contributed by atoms with Crippen LogP contribution in [0.5, 0.6) is 11.5 Å². The number of hydrogen-bond acceptors (Lipinski definition) is 5. The number of aromatic nitrogens is 1. The van der Waals surface area contributed by atoms with Crippen molar-refractivity contribution < 1.29 is 14.0 Å². The summed E-state index contributed by atoms with van der Waals surface area (Å²) in [6.07, 6.45) is 0. The molecule has 0 bridgehead atoms. The summed E-state index contributed by atoms with van der Waals surface area (Å²) in [5.74, 6) is 1.72. The van der Waals surface area contributed by atoms with Gasteiger partial charge in [-0.1, -0.05) is 29.4 Å². The smallest absolute Gasteiger partial charge is 0.222 e. The predicted octanol–water partition coefficient (Wildman–Crippen LogP) is 3.09. The Morgan fingerprint density at radius 3 is 2.40 bits per heavy atom. The number of benzene rings is 2. The fourth-order valence-corrected chi connectivity index (χ4v) is 2.31. The average Bonchev–Trinajstić information content (AvgIpc) is 2.91. The lowest BCUT2D eigenvalue weighted by molar-refractivity contribution is 0.410. The summed E-state index contributed by atoms with van der Waals surface area (Å²) in [7, 11) is 3.26. The van der Waals surface area contributed by atoms with E-state index in [2.05, 4.69) is 5.16 Å². The molecule has 5 heteroatoms. The molecule has 20 heavy (non-hydrogen) atoms. The van der Waals surface area contributed by atoms with Crippen LogP contribution in [0.2, 0.25) is 0 Å². The second-order valence-electron chi connectivity index (χ2n) is 4.32. The quantitative estimate of drug-likeness (QED) is 0.791. The van der Waals surface area contributed by atoms with Gasteiger partial charge in [0.1, 0.15) is 17.2 Å². The number of nitrogen functional groups attached to an aromatic ring is 1. The highest BCUT2D eigenvalue weighted by atomic mass is 16.5. The monoisotopic (exact) mass is 270 g/mol. The summed E-state index contributed by atoms with van der Waals surface area (Å²) in [6, 6.07) is 11.4. The molecule has 0 saturated carbocycles. The molecule has 5 nitrogen and oxygen atoms in total. The number of methoxy groups -OCH3 is 2. The molecule has 2 aromatic carbocycles. The zero-order chi connectivity index (χ0) is 14.1. The topological polar surface area (TPSA) is 70.5 Å².